The summed E-state index contributed by atoms with van der Waals surface area (Å²) in [6.45, 7) is 0. The quantitative estimate of drug-likeness (QED) is 0.774. The summed E-state index contributed by atoms with van der Waals surface area (Å²) in [4.78, 5) is 0. The molecule has 2 heterocycles. The molecule has 2 rings (SSSR count). The third-order valence-electron chi connectivity index (χ3n) is 2.25. The molecule has 0 aromatic carbocycles. The van der Waals surface area contributed by atoms with Crippen LogP contribution in [0, 0.1) is 5.92 Å². The van der Waals surface area contributed by atoms with Gasteiger partial charge in [-0.25, -0.2) is 0 Å². The van der Waals surface area contributed by atoms with E-state index in [1.54, 1.807) is 6.20 Å². The first-order valence-corrected chi connectivity index (χ1v) is 5.65. The van der Waals surface area contributed by atoms with Gasteiger partial charge in [-0.15, -0.1) is 0 Å². The SMILES string of the molecule is Nc1cnnc(CC2CCSC2)c1. The lowest BCUT2D eigenvalue weighted by molar-refractivity contribution is 0.582. The standard InChI is InChI=1S/C9H13N3S/c10-8-4-9(12-11-5-8)3-7-1-2-13-6-7/h4-5,7H,1-3,6H2,(H2,10,12). The molecule has 70 valence electrons. The number of anilines is 1. The first-order chi connectivity index (χ1) is 6.34. The molecule has 3 nitrogen and oxygen atoms in total. The molecule has 0 bridgehead atoms. The Morgan fingerprint density at radius 1 is 1.62 bits per heavy atom. The van der Waals surface area contributed by atoms with Gasteiger partial charge in [-0.05, 0) is 36.3 Å². The van der Waals surface area contributed by atoms with Crippen molar-refractivity contribution in [3.63, 3.8) is 0 Å². The Bertz CT molecular complexity index is 284. The van der Waals surface area contributed by atoms with Crippen molar-refractivity contribution >= 4 is 17.4 Å². The van der Waals surface area contributed by atoms with E-state index in [0.717, 1.165) is 23.7 Å². The smallest absolute Gasteiger partial charge is 0.0726 e. The highest BCUT2D eigenvalue weighted by Crippen LogP contribution is 2.26. The highest BCUT2D eigenvalue weighted by atomic mass is 32.2. The van der Waals surface area contributed by atoms with Gasteiger partial charge in [0.1, 0.15) is 0 Å². The maximum absolute atomic E-state index is 5.63. The molecule has 4 heteroatoms. The molecule has 1 saturated heterocycles. The lowest BCUT2D eigenvalue weighted by atomic mass is 10.0. The van der Waals surface area contributed by atoms with E-state index >= 15 is 0 Å². The highest BCUT2D eigenvalue weighted by molar-refractivity contribution is 7.99. The Hall–Kier alpha value is -0.770. The number of rotatable bonds is 2. The molecule has 0 amide bonds. The average molecular weight is 195 g/mol. The molecule has 1 fully saturated rings. The predicted molar refractivity (Wildman–Crippen MR) is 55.6 cm³/mol. The van der Waals surface area contributed by atoms with E-state index < -0.39 is 0 Å². The number of nitrogens with two attached hydrogens (primary N) is 1. The van der Waals surface area contributed by atoms with Crippen LogP contribution >= 0.6 is 11.8 Å². The molecule has 1 aliphatic heterocycles. The van der Waals surface area contributed by atoms with Crippen molar-refractivity contribution in [2.24, 2.45) is 5.92 Å². The Kier molecular flexibility index (Phi) is 2.68. The zero-order valence-corrected chi connectivity index (χ0v) is 8.26. The highest BCUT2D eigenvalue weighted by Gasteiger charge is 2.16. The molecule has 0 spiro atoms. The van der Waals surface area contributed by atoms with E-state index in [-0.39, 0.29) is 0 Å². The summed E-state index contributed by atoms with van der Waals surface area (Å²) < 4.78 is 0. The van der Waals surface area contributed by atoms with E-state index in [1.807, 2.05) is 17.8 Å². The molecule has 0 radical (unpaired) electrons. The van der Waals surface area contributed by atoms with Gasteiger partial charge in [0, 0.05) is 0 Å². The molecule has 1 aliphatic rings. The molecule has 13 heavy (non-hydrogen) atoms. The summed E-state index contributed by atoms with van der Waals surface area (Å²) in [5.41, 5.74) is 7.38. The van der Waals surface area contributed by atoms with Crippen molar-refractivity contribution < 1.29 is 0 Å². The minimum Gasteiger partial charge on any atom is -0.397 e. The number of thioether (sulfide) groups is 1. The second kappa shape index (κ2) is 3.96. The summed E-state index contributed by atoms with van der Waals surface area (Å²) in [5.74, 6) is 3.33. The lowest BCUT2D eigenvalue weighted by Gasteiger charge is -2.06. The second-order valence-electron chi connectivity index (χ2n) is 3.41. The van der Waals surface area contributed by atoms with Crippen LogP contribution in [0.4, 0.5) is 5.69 Å². The first-order valence-electron chi connectivity index (χ1n) is 4.49. The molecule has 1 atom stereocenters. The average Bonchev–Trinajstić information content (AvgIpc) is 2.57. The van der Waals surface area contributed by atoms with E-state index in [1.165, 1.54) is 17.9 Å². The number of aromatic nitrogens is 2. The van der Waals surface area contributed by atoms with Crippen molar-refractivity contribution in [3.05, 3.63) is 18.0 Å². The maximum atomic E-state index is 5.63. The maximum Gasteiger partial charge on any atom is 0.0726 e. The number of nitrogens with zero attached hydrogens (tertiary/aromatic N) is 2. The van der Waals surface area contributed by atoms with E-state index in [0.29, 0.717) is 0 Å². The number of hydrogen-bond acceptors (Lipinski definition) is 4. The minimum absolute atomic E-state index is 0.718. The lowest BCUT2D eigenvalue weighted by Crippen LogP contribution is -2.05. The van der Waals surface area contributed by atoms with Crippen LogP contribution in [0.15, 0.2) is 12.3 Å². The molecule has 1 aromatic heterocycles. The summed E-state index contributed by atoms with van der Waals surface area (Å²) in [5, 5.41) is 7.91. The van der Waals surface area contributed by atoms with Gasteiger partial charge in [0.05, 0.1) is 17.6 Å². The minimum atomic E-state index is 0.718. The fourth-order valence-corrected chi connectivity index (χ4v) is 2.85. The first kappa shape index (κ1) is 8.81. The third kappa shape index (κ3) is 2.34. The van der Waals surface area contributed by atoms with Crippen LogP contribution in [0.25, 0.3) is 0 Å². The third-order valence-corrected chi connectivity index (χ3v) is 3.48. The van der Waals surface area contributed by atoms with Gasteiger partial charge < -0.3 is 5.73 Å². The van der Waals surface area contributed by atoms with Crippen molar-refractivity contribution in [1.82, 2.24) is 10.2 Å². The summed E-state index contributed by atoms with van der Waals surface area (Å²) in [6.07, 6.45) is 3.93. The molecule has 1 unspecified atom stereocenters. The molecule has 0 aliphatic carbocycles. The summed E-state index contributed by atoms with van der Waals surface area (Å²) in [7, 11) is 0. The van der Waals surface area contributed by atoms with Crippen LogP contribution in [-0.2, 0) is 6.42 Å². The van der Waals surface area contributed by atoms with Crippen molar-refractivity contribution in [2.45, 2.75) is 12.8 Å². The van der Waals surface area contributed by atoms with Gasteiger partial charge in [-0.2, -0.15) is 22.0 Å². The Balaban J connectivity index is 2.00. The van der Waals surface area contributed by atoms with Crippen LogP contribution in [0.5, 0.6) is 0 Å². The molecular formula is C9H13N3S. The van der Waals surface area contributed by atoms with Crippen LogP contribution < -0.4 is 5.73 Å². The van der Waals surface area contributed by atoms with Crippen LogP contribution in [0.2, 0.25) is 0 Å². The van der Waals surface area contributed by atoms with E-state index in [2.05, 4.69) is 10.2 Å². The van der Waals surface area contributed by atoms with Crippen LogP contribution in [-0.4, -0.2) is 21.7 Å². The van der Waals surface area contributed by atoms with Gasteiger partial charge in [0.25, 0.3) is 0 Å². The van der Waals surface area contributed by atoms with Gasteiger partial charge >= 0.3 is 0 Å². The topological polar surface area (TPSA) is 51.8 Å². The summed E-state index contributed by atoms with van der Waals surface area (Å²) in [6, 6.07) is 1.93. The van der Waals surface area contributed by atoms with Crippen molar-refractivity contribution in [3.8, 4) is 0 Å². The van der Waals surface area contributed by atoms with Crippen LogP contribution in [0.3, 0.4) is 0 Å². The normalized spacial score (nSPS) is 22.0. The predicted octanol–water partition coefficient (Wildman–Crippen LogP) is 1.35. The number of nitrogen functional groups attached to an aromatic ring is 1. The Morgan fingerprint density at radius 3 is 3.23 bits per heavy atom. The Morgan fingerprint density at radius 2 is 2.54 bits per heavy atom. The van der Waals surface area contributed by atoms with Gasteiger partial charge in [-0.3, -0.25) is 0 Å². The Labute approximate surface area is 82.1 Å². The number of hydrogen-bond donors (Lipinski definition) is 1. The second-order valence-corrected chi connectivity index (χ2v) is 4.56. The zero-order valence-electron chi connectivity index (χ0n) is 7.44. The fourth-order valence-electron chi connectivity index (χ4n) is 1.57. The molecular weight excluding hydrogens is 182 g/mol. The van der Waals surface area contributed by atoms with Gasteiger partial charge in [0.2, 0.25) is 0 Å². The van der Waals surface area contributed by atoms with Crippen LogP contribution in [0.1, 0.15) is 12.1 Å². The molecule has 1 aromatic rings. The fraction of sp³-hybridized carbons (Fsp3) is 0.556. The van der Waals surface area contributed by atoms with Gasteiger partial charge in [-0.1, -0.05) is 0 Å². The van der Waals surface area contributed by atoms with E-state index in [9.17, 15) is 0 Å². The van der Waals surface area contributed by atoms with Crippen molar-refractivity contribution in [1.29, 1.82) is 0 Å². The largest absolute Gasteiger partial charge is 0.397 e. The van der Waals surface area contributed by atoms with E-state index in [4.69, 9.17) is 5.73 Å². The summed E-state index contributed by atoms with van der Waals surface area (Å²) >= 11 is 2.03. The molecule has 0 saturated carbocycles. The van der Waals surface area contributed by atoms with Gasteiger partial charge in [0.15, 0.2) is 0 Å². The van der Waals surface area contributed by atoms with Crippen molar-refractivity contribution in [2.75, 3.05) is 17.2 Å². The molecule has 2 N–H and O–H groups in total. The zero-order chi connectivity index (χ0) is 9.10. The monoisotopic (exact) mass is 195 g/mol.